The maximum absolute atomic E-state index is 12.4. The average Bonchev–Trinajstić information content (AvgIpc) is 2.52. The molecule has 1 fully saturated rings. The van der Waals surface area contributed by atoms with Crippen LogP contribution in [-0.4, -0.2) is 70.3 Å². The van der Waals surface area contributed by atoms with E-state index in [0.29, 0.717) is 38.1 Å². The van der Waals surface area contributed by atoms with Crippen LogP contribution in [0.1, 0.15) is 40.0 Å². The molecule has 2 atom stereocenters. The Hall–Kier alpha value is -1.48. The first-order valence-electron chi connectivity index (χ1n) is 8.45. The Balaban J connectivity index is 2.43. The second-order valence-corrected chi connectivity index (χ2v) is 8.15. The molecule has 0 bridgehead atoms. The SMILES string of the molecule is CC(C)(C)OC(=O)N1CCSCC1C(=O)NCCCC[C@H](N)C(=O)O. The van der Waals surface area contributed by atoms with Crippen molar-refractivity contribution in [1.29, 1.82) is 0 Å². The second kappa shape index (κ2) is 9.86. The number of hydrogen-bond donors (Lipinski definition) is 3. The van der Waals surface area contributed by atoms with Gasteiger partial charge in [-0.3, -0.25) is 14.5 Å². The maximum atomic E-state index is 12.4. The van der Waals surface area contributed by atoms with E-state index in [0.717, 1.165) is 5.75 Å². The zero-order valence-corrected chi connectivity index (χ0v) is 15.9. The zero-order valence-electron chi connectivity index (χ0n) is 15.1. The van der Waals surface area contributed by atoms with Gasteiger partial charge in [-0.15, -0.1) is 0 Å². The Morgan fingerprint density at radius 2 is 2.04 bits per heavy atom. The topological polar surface area (TPSA) is 122 Å². The summed E-state index contributed by atoms with van der Waals surface area (Å²) in [6.45, 7) is 6.28. The summed E-state index contributed by atoms with van der Waals surface area (Å²) in [4.78, 5) is 36.8. The molecule has 1 rings (SSSR count). The van der Waals surface area contributed by atoms with E-state index < -0.39 is 29.7 Å². The number of aliphatic carboxylic acids is 1. The van der Waals surface area contributed by atoms with Crippen LogP contribution in [-0.2, 0) is 14.3 Å². The summed E-state index contributed by atoms with van der Waals surface area (Å²) >= 11 is 1.63. The van der Waals surface area contributed by atoms with Crippen molar-refractivity contribution in [3.05, 3.63) is 0 Å². The molecule has 1 aliphatic heterocycles. The Labute approximate surface area is 152 Å². The monoisotopic (exact) mass is 375 g/mol. The third-order valence-electron chi connectivity index (χ3n) is 3.62. The van der Waals surface area contributed by atoms with Crippen LogP contribution in [0.2, 0.25) is 0 Å². The first-order chi connectivity index (χ1) is 11.6. The first-order valence-corrected chi connectivity index (χ1v) is 9.61. The number of amides is 2. The quantitative estimate of drug-likeness (QED) is 0.568. The van der Waals surface area contributed by atoms with Crippen LogP contribution in [0, 0.1) is 0 Å². The van der Waals surface area contributed by atoms with Crippen LogP contribution < -0.4 is 11.1 Å². The van der Waals surface area contributed by atoms with Gasteiger partial charge >= 0.3 is 12.1 Å². The van der Waals surface area contributed by atoms with Gasteiger partial charge in [-0.2, -0.15) is 11.8 Å². The molecule has 1 aliphatic rings. The second-order valence-electron chi connectivity index (χ2n) is 7.00. The summed E-state index contributed by atoms with van der Waals surface area (Å²) in [5.74, 6) is 0.0855. The largest absolute Gasteiger partial charge is 0.480 e. The lowest BCUT2D eigenvalue weighted by molar-refractivity contribution is -0.138. The number of carbonyl (C=O) groups is 3. The molecule has 9 heteroatoms. The van der Waals surface area contributed by atoms with Crippen molar-refractivity contribution < 1.29 is 24.2 Å². The van der Waals surface area contributed by atoms with E-state index in [1.807, 2.05) is 0 Å². The number of carboxylic acids is 1. The fourth-order valence-corrected chi connectivity index (χ4v) is 3.35. The van der Waals surface area contributed by atoms with Crippen LogP contribution in [0.25, 0.3) is 0 Å². The fraction of sp³-hybridized carbons (Fsp3) is 0.812. The molecule has 0 aliphatic carbocycles. The fourth-order valence-electron chi connectivity index (χ4n) is 2.30. The summed E-state index contributed by atoms with van der Waals surface area (Å²) in [5, 5.41) is 11.5. The third kappa shape index (κ3) is 7.96. The number of hydrogen-bond acceptors (Lipinski definition) is 6. The summed E-state index contributed by atoms with van der Waals surface area (Å²) in [5.41, 5.74) is 4.82. The normalized spacial score (nSPS) is 19.2. The van der Waals surface area contributed by atoms with Crippen LogP contribution >= 0.6 is 11.8 Å². The van der Waals surface area contributed by atoms with Gasteiger partial charge in [0, 0.05) is 24.6 Å². The van der Waals surface area contributed by atoms with Crippen molar-refractivity contribution in [3.63, 3.8) is 0 Å². The van der Waals surface area contributed by atoms with Crippen LogP contribution in [0.3, 0.4) is 0 Å². The van der Waals surface area contributed by atoms with Gasteiger partial charge in [0.2, 0.25) is 5.91 Å². The van der Waals surface area contributed by atoms with E-state index in [9.17, 15) is 14.4 Å². The Morgan fingerprint density at radius 3 is 2.64 bits per heavy atom. The smallest absolute Gasteiger partial charge is 0.411 e. The Kier molecular flexibility index (Phi) is 8.51. The van der Waals surface area contributed by atoms with Gasteiger partial charge in [-0.1, -0.05) is 0 Å². The molecule has 1 saturated heterocycles. The maximum Gasteiger partial charge on any atom is 0.411 e. The predicted molar refractivity (Wildman–Crippen MR) is 96.5 cm³/mol. The van der Waals surface area contributed by atoms with Crippen molar-refractivity contribution in [1.82, 2.24) is 10.2 Å². The van der Waals surface area contributed by atoms with Gasteiger partial charge in [0.1, 0.15) is 17.7 Å². The number of ether oxygens (including phenoxy) is 1. The summed E-state index contributed by atoms with van der Waals surface area (Å²) in [6.07, 6.45) is 1.15. The lowest BCUT2D eigenvalue weighted by atomic mass is 10.1. The first kappa shape index (κ1) is 21.6. The number of rotatable bonds is 7. The number of carbonyl (C=O) groups excluding carboxylic acids is 2. The van der Waals surface area contributed by atoms with Crippen molar-refractivity contribution in [3.8, 4) is 0 Å². The van der Waals surface area contributed by atoms with Gasteiger partial charge in [0.15, 0.2) is 0 Å². The highest BCUT2D eigenvalue weighted by Gasteiger charge is 2.34. The highest BCUT2D eigenvalue weighted by Crippen LogP contribution is 2.20. The minimum Gasteiger partial charge on any atom is -0.480 e. The molecule has 0 spiro atoms. The molecular weight excluding hydrogens is 346 g/mol. The van der Waals surface area contributed by atoms with E-state index in [4.69, 9.17) is 15.6 Å². The molecule has 2 amide bonds. The van der Waals surface area contributed by atoms with Crippen LogP contribution in [0.15, 0.2) is 0 Å². The third-order valence-corrected chi connectivity index (χ3v) is 4.64. The molecule has 0 aromatic rings. The van der Waals surface area contributed by atoms with E-state index in [-0.39, 0.29) is 5.91 Å². The van der Waals surface area contributed by atoms with Gasteiger partial charge in [0.25, 0.3) is 0 Å². The van der Waals surface area contributed by atoms with E-state index >= 15 is 0 Å². The van der Waals surface area contributed by atoms with Crippen molar-refractivity contribution >= 4 is 29.7 Å². The molecule has 25 heavy (non-hydrogen) atoms. The molecule has 0 saturated carbocycles. The average molecular weight is 375 g/mol. The Morgan fingerprint density at radius 1 is 1.36 bits per heavy atom. The standard InChI is InChI=1S/C16H29N3O5S/c1-16(2,3)24-15(23)19-8-9-25-10-12(19)13(20)18-7-5-4-6-11(17)14(21)22/h11-12H,4-10,17H2,1-3H3,(H,18,20)(H,21,22)/t11-,12?/m0/s1. The van der Waals surface area contributed by atoms with E-state index in [1.54, 1.807) is 32.5 Å². The van der Waals surface area contributed by atoms with Crippen LogP contribution in [0.4, 0.5) is 4.79 Å². The lowest BCUT2D eigenvalue weighted by Crippen LogP contribution is -2.55. The summed E-state index contributed by atoms with van der Waals surface area (Å²) in [7, 11) is 0. The van der Waals surface area contributed by atoms with Gasteiger partial charge < -0.3 is 20.9 Å². The van der Waals surface area contributed by atoms with E-state index in [1.165, 1.54) is 4.90 Å². The van der Waals surface area contributed by atoms with Crippen molar-refractivity contribution in [2.24, 2.45) is 5.73 Å². The number of carboxylic acid groups (broad SMARTS) is 1. The predicted octanol–water partition coefficient (Wildman–Crippen LogP) is 1.04. The van der Waals surface area contributed by atoms with Gasteiger partial charge in [-0.25, -0.2) is 4.79 Å². The highest BCUT2D eigenvalue weighted by atomic mass is 32.2. The van der Waals surface area contributed by atoms with Crippen LogP contribution in [0.5, 0.6) is 0 Å². The molecule has 0 aromatic carbocycles. The molecule has 1 heterocycles. The minimum atomic E-state index is -1.02. The number of nitrogens with zero attached hydrogens (tertiary/aromatic N) is 1. The van der Waals surface area contributed by atoms with Gasteiger partial charge in [0.05, 0.1) is 0 Å². The number of nitrogens with one attached hydrogen (secondary N) is 1. The highest BCUT2D eigenvalue weighted by molar-refractivity contribution is 7.99. The lowest BCUT2D eigenvalue weighted by Gasteiger charge is -2.35. The summed E-state index contributed by atoms with van der Waals surface area (Å²) < 4.78 is 5.38. The molecule has 4 N–H and O–H groups in total. The molecule has 0 aromatic heterocycles. The van der Waals surface area contributed by atoms with Crippen molar-refractivity contribution in [2.45, 2.75) is 57.7 Å². The number of nitrogens with two attached hydrogens (primary N) is 1. The molecule has 1 unspecified atom stereocenters. The van der Waals surface area contributed by atoms with E-state index in [2.05, 4.69) is 5.32 Å². The summed E-state index contributed by atoms with van der Waals surface area (Å²) in [6, 6.07) is -1.41. The molecule has 144 valence electrons. The molecule has 0 radical (unpaired) electrons. The van der Waals surface area contributed by atoms with Gasteiger partial charge in [-0.05, 0) is 40.0 Å². The molecule has 8 nitrogen and oxygen atoms in total. The molecular formula is C16H29N3O5S. The Bertz CT molecular complexity index is 481. The number of unbranched alkanes of at least 4 members (excludes halogenated alkanes) is 1. The zero-order chi connectivity index (χ0) is 19.0. The minimum absolute atomic E-state index is 0.208. The number of thioether (sulfide) groups is 1. The van der Waals surface area contributed by atoms with Crippen molar-refractivity contribution in [2.75, 3.05) is 24.6 Å².